The molecule has 1 aromatic rings. The van der Waals surface area contributed by atoms with E-state index in [-0.39, 0.29) is 30.1 Å². The van der Waals surface area contributed by atoms with Gasteiger partial charge in [0.1, 0.15) is 0 Å². The van der Waals surface area contributed by atoms with Gasteiger partial charge in [0.2, 0.25) is 5.91 Å². The average Bonchev–Trinajstić information content (AvgIpc) is 2.98. The van der Waals surface area contributed by atoms with Crippen LogP contribution in [0.2, 0.25) is 0 Å². The fourth-order valence-corrected chi connectivity index (χ4v) is 3.82. The maximum absolute atomic E-state index is 12.3. The molecule has 3 rings (SSSR count). The predicted molar refractivity (Wildman–Crippen MR) is 102 cm³/mol. The number of carbonyl (C=O) groups is 2. The van der Waals surface area contributed by atoms with Crippen LogP contribution in [0.1, 0.15) is 38.7 Å². The van der Waals surface area contributed by atoms with Crippen molar-refractivity contribution in [3.8, 4) is 0 Å². The van der Waals surface area contributed by atoms with E-state index in [1.54, 1.807) is 0 Å². The summed E-state index contributed by atoms with van der Waals surface area (Å²) in [5.41, 5.74) is 1.33. The molecular weight excluding hydrogens is 328 g/mol. The number of rotatable bonds is 5. The Morgan fingerprint density at radius 1 is 1.12 bits per heavy atom. The number of amides is 3. The normalized spacial score (nSPS) is 22.0. The summed E-state index contributed by atoms with van der Waals surface area (Å²) < 4.78 is 0. The van der Waals surface area contributed by atoms with Gasteiger partial charge in [-0.2, -0.15) is 0 Å². The van der Waals surface area contributed by atoms with E-state index in [2.05, 4.69) is 39.8 Å². The lowest BCUT2D eigenvalue weighted by Gasteiger charge is -2.32. The highest BCUT2D eigenvalue weighted by Crippen LogP contribution is 2.16. The van der Waals surface area contributed by atoms with Crippen molar-refractivity contribution in [3.63, 3.8) is 0 Å². The van der Waals surface area contributed by atoms with E-state index in [1.165, 1.54) is 5.56 Å². The smallest absolute Gasteiger partial charge is 0.315 e. The van der Waals surface area contributed by atoms with Gasteiger partial charge in [-0.25, -0.2) is 4.79 Å². The third kappa shape index (κ3) is 4.97. The van der Waals surface area contributed by atoms with Gasteiger partial charge in [-0.1, -0.05) is 30.3 Å². The van der Waals surface area contributed by atoms with E-state index in [9.17, 15) is 9.59 Å². The molecule has 6 heteroatoms. The highest BCUT2D eigenvalue weighted by Gasteiger charge is 2.32. The molecule has 2 aliphatic rings. The van der Waals surface area contributed by atoms with Crippen LogP contribution in [0.15, 0.2) is 30.3 Å². The van der Waals surface area contributed by atoms with Crippen molar-refractivity contribution in [1.29, 1.82) is 0 Å². The molecule has 2 fully saturated rings. The summed E-state index contributed by atoms with van der Waals surface area (Å²) in [7, 11) is 0. The Labute approximate surface area is 155 Å². The van der Waals surface area contributed by atoms with Crippen molar-refractivity contribution in [2.75, 3.05) is 19.6 Å². The average molecular weight is 358 g/mol. The van der Waals surface area contributed by atoms with Gasteiger partial charge in [0.15, 0.2) is 0 Å². The number of likely N-dealkylation sites (tertiary alicyclic amines) is 2. The van der Waals surface area contributed by atoms with E-state index >= 15 is 0 Å². The summed E-state index contributed by atoms with van der Waals surface area (Å²) in [4.78, 5) is 28.4. The first-order chi connectivity index (χ1) is 12.5. The molecule has 1 atom stereocenters. The van der Waals surface area contributed by atoms with Crippen LogP contribution in [0, 0.1) is 0 Å². The molecule has 2 N–H and O–H groups in total. The van der Waals surface area contributed by atoms with Crippen LogP contribution in [-0.2, 0) is 11.3 Å². The lowest BCUT2D eigenvalue weighted by molar-refractivity contribution is -0.129. The van der Waals surface area contributed by atoms with Gasteiger partial charge < -0.3 is 15.5 Å². The topological polar surface area (TPSA) is 64.7 Å². The van der Waals surface area contributed by atoms with Crippen molar-refractivity contribution in [2.24, 2.45) is 0 Å². The summed E-state index contributed by atoms with van der Waals surface area (Å²) in [5, 5.41) is 6.05. The van der Waals surface area contributed by atoms with Crippen LogP contribution in [0.3, 0.4) is 0 Å². The number of nitrogens with zero attached hydrogens (tertiary/aromatic N) is 2. The molecule has 0 aromatic heterocycles. The molecule has 2 aliphatic heterocycles. The minimum atomic E-state index is -0.144. The Morgan fingerprint density at radius 2 is 1.77 bits per heavy atom. The monoisotopic (exact) mass is 358 g/mol. The van der Waals surface area contributed by atoms with Gasteiger partial charge in [-0.05, 0) is 32.3 Å². The lowest BCUT2D eigenvalue weighted by Crippen LogP contribution is -2.50. The minimum absolute atomic E-state index is 0.0805. The number of hydrogen-bond acceptors (Lipinski definition) is 3. The van der Waals surface area contributed by atoms with Crippen LogP contribution in [0.25, 0.3) is 0 Å². The molecular formula is C20H30N4O2. The Kier molecular flexibility index (Phi) is 6.14. The molecule has 0 radical (unpaired) electrons. The number of piperidine rings is 1. The molecule has 2 saturated heterocycles. The van der Waals surface area contributed by atoms with Crippen molar-refractivity contribution >= 4 is 11.9 Å². The maximum Gasteiger partial charge on any atom is 0.315 e. The minimum Gasteiger partial charge on any atom is -0.338 e. The Morgan fingerprint density at radius 3 is 2.38 bits per heavy atom. The number of nitrogens with one attached hydrogen (secondary N) is 2. The highest BCUT2D eigenvalue weighted by atomic mass is 16.2. The quantitative estimate of drug-likeness (QED) is 0.846. The number of hydrogen-bond donors (Lipinski definition) is 2. The SMILES string of the molecule is CC(C)N1CC(NC(=O)NC2CCN(Cc3ccccc3)CC2)CC1=O. The largest absolute Gasteiger partial charge is 0.338 e. The fraction of sp³-hybridized carbons (Fsp3) is 0.600. The van der Waals surface area contributed by atoms with Gasteiger partial charge in [0.05, 0.1) is 6.04 Å². The first-order valence-electron chi connectivity index (χ1n) is 9.64. The van der Waals surface area contributed by atoms with Crippen LogP contribution in [-0.4, -0.2) is 59.5 Å². The molecule has 6 nitrogen and oxygen atoms in total. The zero-order valence-corrected chi connectivity index (χ0v) is 15.8. The number of benzene rings is 1. The molecule has 1 aromatic carbocycles. The van der Waals surface area contributed by atoms with Crippen LogP contribution in [0.5, 0.6) is 0 Å². The second-order valence-corrected chi connectivity index (χ2v) is 7.69. The van der Waals surface area contributed by atoms with Crippen LogP contribution < -0.4 is 10.6 Å². The molecule has 142 valence electrons. The van der Waals surface area contributed by atoms with E-state index in [0.29, 0.717) is 13.0 Å². The summed E-state index contributed by atoms with van der Waals surface area (Å²) in [6, 6.07) is 10.7. The van der Waals surface area contributed by atoms with Crippen molar-refractivity contribution in [2.45, 2.75) is 57.8 Å². The Hall–Kier alpha value is -2.08. The molecule has 2 heterocycles. The molecule has 3 amide bonds. The standard InChI is InChI=1S/C20H30N4O2/c1-15(2)24-14-18(12-19(24)25)22-20(26)21-17-8-10-23(11-9-17)13-16-6-4-3-5-7-16/h3-7,15,17-18H,8-14H2,1-2H3,(H2,21,22,26). The predicted octanol–water partition coefficient (Wildman–Crippen LogP) is 1.96. The number of carbonyl (C=O) groups excluding carboxylic acids is 2. The Bertz CT molecular complexity index is 611. The Balaban J connectivity index is 1.38. The third-order valence-corrected chi connectivity index (χ3v) is 5.29. The first-order valence-corrected chi connectivity index (χ1v) is 9.64. The molecule has 26 heavy (non-hydrogen) atoms. The first kappa shape index (κ1) is 18.7. The molecule has 0 spiro atoms. The van der Waals surface area contributed by atoms with E-state index in [1.807, 2.05) is 24.8 Å². The van der Waals surface area contributed by atoms with Crippen molar-refractivity contribution in [1.82, 2.24) is 20.4 Å². The molecule has 0 aliphatic carbocycles. The second kappa shape index (κ2) is 8.54. The van der Waals surface area contributed by atoms with Gasteiger partial charge in [0.25, 0.3) is 0 Å². The summed E-state index contributed by atoms with van der Waals surface area (Å²) >= 11 is 0. The number of urea groups is 1. The van der Waals surface area contributed by atoms with Crippen molar-refractivity contribution < 1.29 is 9.59 Å². The third-order valence-electron chi connectivity index (χ3n) is 5.29. The van der Waals surface area contributed by atoms with E-state index in [4.69, 9.17) is 0 Å². The zero-order chi connectivity index (χ0) is 18.5. The molecule has 1 unspecified atom stereocenters. The van der Waals surface area contributed by atoms with Gasteiger partial charge in [-0.3, -0.25) is 9.69 Å². The summed E-state index contributed by atoms with van der Waals surface area (Å²) in [6.07, 6.45) is 2.32. The molecule has 0 saturated carbocycles. The van der Waals surface area contributed by atoms with Gasteiger partial charge in [-0.15, -0.1) is 0 Å². The van der Waals surface area contributed by atoms with E-state index < -0.39 is 0 Å². The fourth-order valence-electron chi connectivity index (χ4n) is 3.82. The van der Waals surface area contributed by atoms with Gasteiger partial charge >= 0.3 is 6.03 Å². The van der Waals surface area contributed by atoms with Crippen molar-refractivity contribution in [3.05, 3.63) is 35.9 Å². The summed E-state index contributed by atoms with van der Waals surface area (Å²) in [6.45, 7) is 7.56. The summed E-state index contributed by atoms with van der Waals surface area (Å²) in [5.74, 6) is 0.125. The highest BCUT2D eigenvalue weighted by molar-refractivity contribution is 5.82. The van der Waals surface area contributed by atoms with Crippen LogP contribution in [0.4, 0.5) is 4.79 Å². The maximum atomic E-state index is 12.3. The van der Waals surface area contributed by atoms with E-state index in [0.717, 1.165) is 32.5 Å². The van der Waals surface area contributed by atoms with Crippen LogP contribution >= 0.6 is 0 Å². The second-order valence-electron chi connectivity index (χ2n) is 7.69. The van der Waals surface area contributed by atoms with Gasteiger partial charge in [0, 0.05) is 44.7 Å². The molecule has 0 bridgehead atoms. The zero-order valence-electron chi connectivity index (χ0n) is 15.8. The lowest BCUT2D eigenvalue weighted by atomic mass is 10.0.